The van der Waals surface area contributed by atoms with Gasteiger partial charge in [0.05, 0.1) is 25.4 Å². The second kappa shape index (κ2) is 58.9. The molecule has 0 aliphatic carbocycles. The lowest BCUT2D eigenvalue weighted by Gasteiger charge is -2.41. The van der Waals surface area contributed by atoms with Crippen molar-refractivity contribution >= 4 is 11.9 Å². The van der Waals surface area contributed by atoms with E-state index in [9.17, 15) is 35.1 Å². The van der Waals surface area contributed by atoms with Gasteiger partial charge >= 0.3 is 5.97 Å². The molecule has 1 fully saturated rings. The third-order valence-corrected chi connectivity index (χ3v) is 14.5. The zero-order valence-corrected chi connectivity index (χ0v) is 52.7. The Labute approximate surface area is 511 Å². The lowest BCUT2D eigenvalue weighted by molar-refractivity contribution is -0.305. The first kappa shape index (κ1) is 77.6. The lowest BCUT2D eigenvalue weighted by Crippen LogP contribution is -2.61. The Morgan fingerprint density at radius 2 is 0.857 bits per heavy atom. The minimum absolute atomic E-state index is 0.0740. The van der Waals surface area contributed by atoms with Gasteiger partial charge in [0.25, 0.3) is 0 Å². The molecule has 8 unspecified atom stereocenters. The Morgan fingerprint density at radius 3 is 1.29 bits per heavy atom. The van der Waals surface area contributed by atoms with Crippen molar-refractivity contribution in [3.8, 4) is 0 Å². The van der Waals surface area contributed by atoms with Gasteiger partial charge < -0.3 is 45.1 Å². The smallest absolute Gasteiger partial charge is 0.306 e. The minimum Gasteiger partial charge on any atom is -0.454 e. The van der Waals surface area contributed by atoms with Crippen LogP contribution < -0.4 is 5.32 Å². The number of nitrogens with one attached hydrogen (secondary N) is 1. The first-order valence-corrected chi connectivity index (χ1v) is 33.1. The molecule has 0 aromatic carbocycles. The van der Waals surface area contributed by atoms with Gasteiger partial charge in [-0.25, -0.2) is 0 Å². The number of esters is 1. The molecule has 1 heterocycles. The van der Waals surface area contributed by atoms with Crippen molar-refractivity contribution in [3.63, 3.8) is 0 Å². The molecule has 0 saturated carbocycles. The van der Waals surface area contributed by atoms with E-state index >= 15 is 0 Å². The van der Waals surface area contributed by atoms with Crippen LogP contribution in [0.1, 0.15) is 239 Å². The fraction of sp³-hybridized carbons (Fsp3) is 0.644. The molecular formula is C73H119NO10. The summed E-state index contributed by atoms with van der Waals surface area (Å²) in [6, 6.07) is -1.05. The number of ether oxygens (including phenoxy) is 3. The van der Waals surface area contributed by atoms with Gasteiger partial charge in [0.2, 0.25) is 5.91 Å². The highest BCUT2D eigenvalue weighted by atomic mass is 16.7. The molecule has 84 heavy (non-hydrogen) atoms. The lowest BCUT2D eigenvalue weighted by atomic mass is 9.99. The molecule has 0 bridgehead atoms. The van der Waals surface area contributed by atoms with E-state index in [-0.39, 0.29) is 19.4 Å². The summed E-state index contributed by atoms with van der Waals surface area (Å²) in [6.45, 7) is 5.52. The summed E-state index contributed by atoms with van der Waals surface area (Å²) in [7, 11) is 0. The number of rotatable bonds is 54. The number of carbonyl (C=O) groups is 2. The summed E-state index contributed by atoms with van der Waals surface area (Å²) < 4.78 is 17.6. The molecular weight excluding hydrogens is 1050 g/mol. The Kier molecular flexibility index (Phi) is 54.4. The summed E-state index contributed by atoms with van der Waals surface area (Å²) in [5, 5.41) is 57.1. The average molecular weight is 1170 g/mol. The maximum Gasteiger partial charge on any atom is 0.306 e. The van der Waals surface area contributed by atoms with Crippen molar-refractivity contribution in [1.82, 2.24) is 5.32 Å². The van der Waals surface area contributed by atoms with E-state index in [1.807, 2.05) is 6.08 Å². The van der Waals surface area contributed by atoms with Crippen LogP contribution in [0.3, 0.4) is 0 Å². The molecule has 1 saturated heterocycles. The molecule has 11 nitrogen and oxygen atoms in total. The highest BCUT2D eigenvalue weighted by Crippen LogP contribution is 2.26. The van der Waals surface area contributed by atoms with Crippen LogP contribution in [0.2, 0.25) is 0 Å². The Hall–Kier alpha value is -4.46. The van der Waals surface area contributed by atoms with Gasteiger partial charge in [0.15, 0.2) is 12.4 Å². The molecule has 0 aromatic rings. The Morgan fingerprint density at radius 1 is 0.476 bits per heavy atom. The number of hydrogen-bond acceptors (Lipinski definition) is 10. The van der Waals surface area contributed by atoms with E-state index in [0.717, 1.165) is 148 Å². The predicted octanol–water partition coefficient (Wildman–Crippen LogP) is 16.6. The normalized spacial score (nSPS) is 19.5. The number of carbonyl (C=O) groups excluding carboxylic acids is 2. The second-order valence-electron chi connectivity index (χ2n) is 22.1. The molecule has 1 aliphatic rings. The number of amides is 1. The largest absolute Gasteiger partial charge is 0.454 e. The van der Waals surface area contributed by atoms with Crippen molar-refractivity contribution in [3.05, 3.63) is 146 Å². The molecule has 0 radical (unpaired) electrons. The van der Waals surface area contributed by atoms with Gasteiger partial charge in [-0.3, -0.25) is 9.59 Å². The third kappa shape index (κ3) is 45.8. The maximum absolute atomic E-state index is 13.5. The summed E-state index contributed by atoms with van der Waals surface area (Å²) in [6.07, 6.45) is 74.5. The van der Waals surface area contributed by atoms with Gasteiger partial charge in [-0.2, -0.15) is 0 Å². The molecule has 11 heteroatoms. The Balaban J connectivity index is 2.68. The summed E-state index contributed by atoms with van der Waals surface area (Å²) in [5.41, 5.74) is 0. The number of allylic oxidation sites excluding steroid dienone is 23. The number of hydrogen-bond donors (Lipinski definition) is 6. The SMILES string of the molecule is CC/C=C\C/C=C\C/C=C\C/C=C\C/C=C\C/C=C\CCCCCCCC(O)C(=O)NC(COC1OC(CO)C(O)C(O)C1OC(=O)CCCCC/C=C\C/C=C\C/C=C\C/C=C\C/C=C\CC)C(O)/C=C/CCCCCCCCCCCC. The fourth-order valence-electron chi connectivity index (χ4n) is 9.33. The number of aliphatic hydroxyl groups is 5. The standard InChI is InChI=1S/C73H119NO10/c1-4-7-10-13-16-19-22-25-27-29-31-32-33-34-35-37-38-40-42-45-48-51-54-57-60-66(77)72(81)74-64(65(76)59-56-53-50-47-44-24-21-18-15-12-9-6-3)63-82-73-71(70(80)69(79)67(62-75)83-73)84-68(78)61-58-55-52-49-46-43-41-39-36-30-28-26-23-20-17-14-11-8-5-2/h7-8,10-11,16-17,19-20,25-28,31-32,34-36,38-40,43,46,56,59,64-67,69-71,73,75-77,79-80H,4-6,9,12-15,18,21-24,29-30,33,37,41-42,44-45,47-55,57-58,60-63H2,1-3H3,(H,74,81)/b10-7-,11-8-,19-16-,20-17-,27-25-,28-26-,32-31-,35-34-,39-36-,40-38-,46-43-,59-56+. The minimum atomic E-state index is -1.64. The molecule has 0 aromatic heterocycles. The van der Waals surface area contributed by atoms with E-state index in [4.69, 9.17) is 14.2 Å². The van der Waals surface area contributed by atoms with Gasteiger partial charge in [-0.05, 0) is 122 Å². The van der Waals surface area contributed by atoms with E-state index in [1.165, 1.54) is 44.9 Å². The van der Waals surface area contributed by atoms with Gasteiger partial charge in [-0.15, -0.1) is 0 Å². The van der Waals surface area contributed by atoms with Crippen LogP contribution in [-0.2, 0) is 23.8 Å². The quantitative estimate of drug-likeness (QED) is 0.0195. The second-order valence-corrected chi connectivity index (χ2v) is 22.1. The first-order valence-electron chi connectivity index (χ1n) is 33.1. The van der Waals surface area contributed by atoms with Crippen LogP contribution in [0.4, 0.5) is 0 Å². The van der Waals surface area contributed by atoms with E-state index < -0.39 is 67.4 Å². The van der Waals surface area contributed by atoms with Crippen molar-refractivity contribution in [2.75, 3.05) is 13.2 Å². The monoisotopic (exact) mass is 1170 g/mol. The van der Waals surface area contributed by atoms with E-state index in [0.29, 0.717) is 12.8 Å². The summed E-state index contributed by atoms with van der Waals surface area (Å²) in [4.78, 5) is 26.6. The molecule has 6 N–H and O–H groups in total. The molecule has 0 spiro atoms. The third-order valence-electron chi connectivity index (χ3n) is 14.5. The van der Waals surface area contributed by atoms with Crippen LogP contribution in [-0.4, -0.2) is 99.6 Å². The highest BCUT2D eigenvalue weighted by Gasteiger charge is 2.47. The van der Waals surface area contributed by atoms with E-state index in [2.05, 4.69) is 160 Å². The van der Waals surface area contributed by atoms with Crippen LogP contribution >= 0.6 is 0 Å². The zero-order chi connectivity index (χ0) is 61.0. The zero-order valence-electron chi connectivity index (χ0n) is 52.7. The fourth-order valence-corrected chi connectivity index (χ4v) is 9.33. The Bertz CT molecular complexity index is 1920. The van der Waals surface area contributed by atoms with Crippen LogP contribution in [0.15, 0.2) is 146 Å². The predicted molar refractivity (Wildman–Crippen MR) is 351 cm³/mol. The first-order chi connectivity index (χ1) is 41.2. The number of aliphatic hydroxyl groups excluding tert-OH is 5. The van der Waals surface area contributed by atoms with Crippen LogP contribution in [0.5, 0.6) is 0 Å². The molecule has 8 atom stereocenters. The summed E-state index contributed by atoms with van der Waals surface area (Å²) in [5.74, 6) is -1.26. The van der Waals surface area contributed by atoms with E-state index in [1.54, 1.807) is 6.08 Å². The molecule has 476 valence electrons. The topological polar surface area (TPSA) is 175 Å². The van der Waals surface area contributed by atoms with Crippen molar-refractivity contribution in [2.45, 2.75) is 288 Å². The van der Waals surface area contributed by atoms with Gasteiger partial charge in [0.1, 0.15) is 24.4 Å². The molecule has 1 amide bonds. The summed E-state index contributed by atoms with van der Waals surface area (Å²) >= 11 is 0. The molecule has 1 aliphatic heterocycles. The number of unbranched alkanes of at least 4 members (excludes halogenated alkanes) is 18. The van der Waals surface area contributed by atoms with Crippen LogP contribution in [0.25, 0.3) is 0 Å². The van der Waals surface area contributed by atoms with Gasteiger partial charge in [-0.1, -0.05) is 256 Å². The van der Waals surface area contributed by atoms with Crippen molar-refractivity contribution in [2.24, 2.45) is 0 Å². The average Bonchev–Trinajstić information content (AvgIpc) is 3.54. The van der Waals surface area contributed by atoms with Crippen LogP contribution in [0, 0.1) is 0 Å². The van der Waals surface area contributed by atoms with Gasteiger partial charge in [0, 0.05) is 6.42 Å². The highest BCUT2D eigenvalue weighted by molar-refractivity contribution is 5.80. The van der Waals surface area contributed by atoms with Crippen molar-refractivity contribution < 1.29 is 49.3 Å². The maximum atomic E-state index is 13.5. The molecule has 1 rings (SSSR count). The van der Waals surface area contributed by atoms with Crippen molar-refractivity contribution in [1.29, 1.82) is 0 Å².